The van der Waals surface area contributed by atoms with Crippen molar-refractivity contribution in [2.75, 3.05) is 32.8 Å². The van der Waals surface area contributed by atoms with Crippen LogP contribution in [0.3, 0.4) is 0 Å². The Morgan fingerprint density at radius 2 is 2.21 bits per heavy atom. The largest absolute Gasteiger partial charge is 0.395 e. The monoisotopic (exact) mass is 330 g/mol. The van der Waals surface area contributed by atoms with Gasteiger partial charge in [-0.15, -0.1) is 5.10 Å². The Hall–Kier alpha value is -2.06. The van der Waals surface area contributed by atoms with Gasteiger partial charge in [-0.25, -0.2) is 9.50 Å². The molecule has 2 fully saturated rings. The third-order valence-electron chi connectivity index (χ3n) is 5.15. The van der Waals surface area contributed by atoms with Crippen LogP contribution in [0.25, 0.3) is 5.78 Å². The van der Waals surface area contributed by atoms with Gasteiger partial charge in [0.2, 0.25) is 5.91 Å². The number of likely N-dealkylation sites (tertiary alicyclic amines) is 2. The molecule has 0 radical (unpaired) electrons. The minimum Gasteiger partial charge on any atom is -0.395 e. The van der Waals surface area contributed by atoms with E-state index < -0.39 is 0 Å². The smallest absolute Gasteiger partial charge is 0.252 e. The summed E-state index contributed by atoms with van der Waals surface area (Å²) in [5, 5.41) is 13.6. The van der Waals surface area contributed by atoms with Gasteiger partial charge in [0.1, 0.15) is 0 Å². The number of rotatable bonds is 4. The first kappa shape index (κ1) is 15.5. The van der Waals surface area contributed by atoms with Gasteiger partial charge < -0.3 is 10.0 Å². The third-order valence-corrected chi connectivity index (χ3v) is 5.15. The highest BCUT2D eigenvalue weighted by Crippen LogP contribution is 2.40. The van der Waals surface area contributed by atoms with Crippen LogP contribution in [-0.2, 0) is 11.3 Å². The summed E-state index contributed by atoms with van der Waals surface area (Å²) in [4.78, 5) is 25.5. The molecule has 2 aromatic heterocycles. The molecule has 2 aliphatic rings. The number of hydrogen-bond donors (Lipinski definition) is 1. The summed E-state index contributed by atoms with van der Waals surface area (Å²) in [6.45, 7) is 3.50. The number of aromatic nitrogens is 4. The first-order valence-electron chi connectivity index (χ1n) is 8.49. The first-order chi connectivity index (χ1) is 11.7. The SMILES string of the molecule is O=C1N(CCO)CCC[C@@]12CCN(Cc1nc3ncccn3n1)C2. The van der Waals surface area contributed by atoms with Crippen molar-refractivity contribution in [2.45, 2.75) is 25.8 Å². The van der Waals surface area contributed by atoms with Crippen LogP contribution in [-0.4, -0.2) is 73.2 Å². The molecule has 4 rings (SSSR count). The van der Waals surface area contributed by atoms with E-state index in [9.17, 15) is 4.79 Å². The van der Waals surface area contributed by atoms with Crippen LogP contribution < -0.4 is 0 Å². The molecule has 1 spiro atoms. The van der Waals surface area contributed by atoms with E-state index in [2.05, 4.69) is 20.0 Å². The maximum Gasteiger partial charge on any atom is 0.252 e. The summed E-state index contributed by atoms with van der Waals surface area (Å²) >= 11 is 0. The minimum atomic E-state index is -0.287. The molecule has 8 nitrogen and oxygen atoms in total. The Morgan fingerprint density at radius 1 is 1.29 bits per heavy atom. The number of carbonyl (C=O) groups excluding carboxylic acids is 1. The molecule has 0 bridgehead atoms. The number of piperidine rings is 1. The summed E-state index contributed by atoms with van der Waals surface area (Å²) in [5.41, 5.74) is -0.287. The normalized spacial score (nSPS) is 25.2. The summed E-state index contributed by atoms with van der Waals surface area (Å²) in [6.07, 6.45) is 6.36. The van der Waals surface area contributed by atoms with E-state index in [0.717, 1.165) is 44.7 Å². The average Bonchev–Trinajstić information content (AvgIpc) is 3.17. The highest BCUT2D eigenvalue weighted by atomic mass is 16.3. The number of amides is 1. The molecule has 0 aliphatic carbocycles. The van der Waals surface area contributed by atoms with Crippen LogP contribution in [0.2, 0.25) is 0 Å². The predicted molar refractivity (Wildman–Crippen MR) is 86.0 cm³/mol. The third kappa shape index (κ3) is 2.65. The fourth-order valence-electron chi connectivity index (χ4n) is 4.00. The molecule has 128 valence electrons. The van der Waals surface area contributed by atoms with Gasteiger partial charge in [0.25, 0.3) is 5.78 Å². The number of fused-ring (bicyclic) bond motifs is 1. The summed E-state index contributed by atoms with van der Waals surface area (Å²) in [6, 6.07) is 1.83. The molecule has 1 amide bonds. The molecular weight excluding hydrogens is 308 g/mol. The molecule has 0 unspecified atom stereocenters. The number of nitrogens with zero attached hydrogens (tertiary/aromatic N) is 6. The molecule has 4 heterocycles. The fourth-order valence-corrected chi connectivity index (χ4v) is 4.00. The number of β-amino-alcohol motifs (C(OH)–C–C–N with tert-alkyl or cyclic N) is 1. The van der Waals surface area contributed by atoms with Gasteiger partial charge >= 0.3 is 0 Å². The fraction of sp³-hybridized carbons (Fsp3) is 0.625. The van der Waals surface area contributed by atoms with Crippen molar-refractivity contribution >= 4 is 11.7 Å². The lowest BCUT2D eigenvalue weighted by Gasteiger charge is -2.39. The second-order valence-electron chi connectivity index (χ2n) is 6.75. The topological polar surface area (TPSA) is 86.9 Å². The Morgan fingerprint density at radius 3 is 3.04 bits per heavy atom. The van der Waals surface area contributed by atoms with Gasteiger partial charge in [-0.2, -0.15) is 4.98 Å². The van der Waals surface area contributed by atoms with Crippen LogP contribution in [0.4, 0.5) is 0 Å². The lowest BCUT2D eigenvalue weighted by Crippen LogP contribution is -2.50. The standard InChI is InChI=1S/C16H22N6O2/c23-10-9-21-6-1-3-16(14(21)24)4-8-20(12-16)11-13-18-15-17-5-2-7-22(15)19-13/h2,5,7,23H,1,3-4,6,8-12H2/t16-/m0/s1. The van der Waals surface area contributed by atoms with Crippen molar-refractivity contribution in [2.24, 2.45) is 5.41 Å². The van der Waals surface area contributed by atoms with E-state index in [1.165, 1.54) is 0 Å². The van der Waals surface area contributed by atoms with E-state index in [-0.39, 0.29) is 17.9 Å². The zero-order chi connectivity index (χ0) is 16.6. The Labute approximate surface area is 140 Å². The van der Waals surface area contributed by atoms with Gasteiger partial charge in [-0.1, -0.05) is 0 Å². The molecule has 2 aromatic rings. The van der Waals surface area contributed by atoms with Gasteiger partial charge in [0.05, 0.1) is 18.6 Å². The molecule has 1 N–H and O–H groups in total. The van der Waals surface area contributed by atoms with E-state index in [0.29, 0.717) is 18.9 Å². The molecule has 2 aliphatic heterocycles. The highest BCUT2D eigenvalue weighted by molar-refractivity contribution is 5.84. The Balaban J connectivity index is 1.46. The van der Waals surface area contributed by atoms with E-state index in [1.54, 1.807) is 10.7 Å². The van der Waals surface area contributed by atoms with Crippen molar-refractivity contribution in [1.82, 2.24) is 29.4 Å². The summed E-state index contributed by atoms with van der Waals surface area (Å²) in [5.74, 6) is 1.54. The zero-order valence-corrected chi connectivity index (χ0v) is 13.6. The van der Waals surface area contributed by atoms with Crippen LogP contribution in [0.5, 0.6) is 0 Å². The number of carbonyl (C=O) groups is 1. The highest BCUT2D eigenvalue weighted by Gasteiger charge is 2.48. The van der Waals surface area contributed by atoms with Crippen molar-refractivity contribution < 1.29 is 9.90 Å². The Kier molecular flexibility index (Phi) is 3.93. The molecule has 0 aromatic carbocycles. The minimum absolute atomic E-state index is 0.0315. The van der Waals surface area contributed by atoms with Gasteiger partial charge in [0.15, 0.2) is 5.82 Å². The average molecular weight is 330 g/mol. The molecule has 0 saturated carbocycles. The van der Waals surface area contributed by atoms with Crippen molar-refractivity contribution in [3.63, 3.8) is 0 Å². The molecule has 2 saturated heterocycles. The molecule has 24 heavy (non-hydrogen) atoms. The van der Waals surface area contributed by atoms with Crippen molar-refractivity contribution in [1.29, 1.82) is 0 Å². The van der Waals surface area contributed by atoms with Gasteiger partial charge in [-0.05, 0) is 31.9 Å². The number of hydrogen-bond acceptors (Lipinski definition) is 6. The first-order valence-corrected chi connectivity index (χ1v) is 8.49. The zero-order valence-electron chi connectivity index (χ0n) is 13.6. The number of aliphatic hydroxyl groups excluding tert-OH is 1. The van der Waals surface area contributed by atoms with Gasteiger partial charge in [-0.3, -0.25) is 9.69 Å². The molecule has 8 heteroatoms. The second kappa shape index (κ2) is 6.10. The summed E-state index contributed by atoms with van der Waals surface area (Å²) < 4.78 is 1.68. The van der Waals surface area contributed by atoms with Crippen molar-refractivity contribution in [3.8, 4) is 0 Å². The van der Waals surface area contributed by atoms with Crippen LogP contribution >= 0.6 is 0 Å². The lowest BCUT2D eigenvalue weighted by molar-refractivity contribution is -0.146. The predicted octanol–water partition coefficient (Wildman–Crippen LogP) is -0.0689. The second-order valence-corrected chi connectivity index (χ2v) is 6.75. The van der Waals surface area contributed by atoms with Crippen LogP contribution in [0.1, 0.15) is 25.1 Å². The van der Waals surface area contributed by atoms with Crippen LogP contribution in [0, 0.1) is 5.41 Å². The quantitative estimate of drug-likeness (QED) is 0.844. The lowest BCUT2D eigenvalue weighted by atomic mass is 9.78. The van der Waals surface area contributed by atoms with Crippen LogP contribution in [0.15, 0.2) is 18.5 Å². The van der Waals surface area contributed by atoms with E-state index >= 15 is 0 Å². The maximum absolute atomic E-state index is 12.8. The van der Waals surface area contributed by atoms with Gasteiger partial charge in [0, 0.05) is 32.0 Å². The number of aliphatic hydroxyl groups is 1. The van der Waals surface area contributed by atoms with E-state index in [1.807, 2.05) is 17.2 Å². The van der Waals surface area contributed by atoms with E-state index in [4.69, 9.17) is 5.11 Å². The Bertz CT molecular complexity index is 712. The maximum atomic E-state index is 12.8. The summed E-state index contributed by atoms with van der Waals surface area (Å²) in [7, 11) is 0. The molecular formula is C16H22N6O2. The molecule has 1 atom stereocenters. The van der Waals surface area contributed by atoms with Crippen molar-refractivity contribution in [3.05, 3.63) is 24.3 Å².